The molecule has 0 bridgehead atoms. The van der Waals surface area contributed by atoms with Crippen molar-refractivity contribution < 1.29 is 13.2 Å². The zero-order chi connectivity index (χ0) is 11.7. The van der Waals surface area contributed by atoms with Gasteiger partial charge in [-0.3, -0.25) is 0 Å². The number of hydrogen-bond donors (Lipinski definition) is 1. The summed E-state index contributed by atoms with van der Waals surface area (Å²) < 4.78 is 39.9. The van der Waals surface area contributed by atoms with Gasteiger partial charge < -0.3 is 5.73 Å². The van der Waals surface area contributed by atoms with Gasteiger partial charge in [0.25, 0.3) is 5.92 Å². The van der Waals surface area contributed by atoms with E-state index in [9.17, 15) is 13.2 Å². The standard InChI is InChI=1S/C11H14F3N/c1-10(2,15)7-11(13,14)8-4-3-5-9(12)6-8/h3-6H,7,15H2,1-2H3. The molecule has 0 atom stereocenters. The van der Waals surface area contributed by atoms with Crippen LogP contribution in [0.3, 0.4) is 0 Å². The quantitative estimate of drug-likeness (QED) is 0.827. The summed E-state index contributed by atoms with van der Waals surface area (Å²) in [5.74, 6) is -3.76. The van der Waals surface area contributed by atoms with Crippen molar-refractivity contribution >= 4 is 0 Å². The summed E-state index contributed by atoms with van der Waals surface area (Å²) in [6, 6.07) is 4.44. The summed E-state index contributed by atoms with van der Waals surface area (Å²) >= 11 is 0. The van der Waals surface area contributed by atoms with Gasteiger partial charge in [-0.2, -0.15) is 0 Å². The maximum Gasteiger partial charge on any atom is 0.275 e. The highest BCUT2D eigenvalue weighted by Crippen LogP contribution is 2.35. The Balaban J connectivity index is 2.95. The van der Waals surface area contributed by atoms with Crippen molar-refractivity contribution in [3.63, 3.8) is 0 Å². The average molecular weight is 217 g/mol. The third-order valence-electron chi connectivity index (χ3n) is 1.92. The minimum Gasteiger partial charge on any atom is -0.325 e. The number of nitrogens with two attached hydrogens (primary N) is 1. The molecule has 0 radical (unpaired) electrons. The summed E-state index contributed by atoms with van der Waals surface area (Å²) in [5, 5.41) is 0. The molecule has 15 heavy (non-hydrogen) atoms. The van der Waals surface area contributed by atoms with Gasteiger partial charge in [-0.05, 0) is 26.0 Å². The molecule has 0 aromatic heterocycles. The maximum atomic E-state index is 13.6. The molecule has 0 saturated heterocycles. The first-order valence-corrected chi connectivity index (χ1v) is 4.63. The van der Waals surface area contributed by atoms with Crippen molar-refractivity contribution in [1.82, 2.24) is 0 Å². The summed E-state index contributed by atoms with van der Waals surface area (Å²) in [6.07, 6.45) is -0.510. The van der Waals surface area contributed by atoms with E-state index in [1.54, 1.807) is 0 Å². The highest BCUT2D eigenvalue weighted by atomic mass is 19.3. The van der Waals surface area contributed by atoms with E-state index in [4.69, 9.17) is 5.73 Å². The van der Waals surface area contributed by atoms with E-state index in [0.29, 0.717) is 0 Å². The van der Waals surface area contributed by atoms with Gasteiger partial charge in [0, 0.05) is 17.5 Å². The molecule has 1 aromatic carbocycles. The third kappa shape index (κ3) is 3.55. The lowest BCUT2D eigenvalue weighted by atomic mass is 9.93. The van der Waals surface area contributed by atoms with Crippen LogP contribution in [0.2, 0.25) is 0 Å². The average Bonchev–Trinajstić information content (AvgIpc) is 1.99. The van der Waals surface area contributed by atoms with Crippen LogP contribution in [-0.2, 0) is 5.92 Å². The number of hydrogen-bond acceptors (Lipinski definition) is 1. The zero-order valence-corrected chi connectivity index (χ0v) is 8.73. The molecular weight excluding hydrogens is 203 g/mol. The van der Waals surface area contributed by atoms with Crippen LogP contribution in [0.4, 0.5) is 13.2 Å². The normalized spacial score (nSPS) is 12.9. The van der Waals surface area contributed by atoms with Crippen LogP contribution in [0.25, 0.3) is 0 Å². The molecule has 0 amide bonds. The molecule has 0 unspecified atom stereocenters. The first-order valence-electron chi connectivity index (χ1n) is 4.63. The van der Waals surface area contributed by atoms with Crippen LogP contribution in [0.15, 0.2) is 24.3 Å². The predicted molar refractivity (Wildman–Crippen MR) is 53.2 cm³/mol. The fourth-order valence-corrected chi connectivity index (χ4v) is 1.39. The van der Waals surface area contributed by atoms with Crippen LogP contribution in [0, 0.1) is 5.82 Å². The molecule has 0 aliphatic rings. The summed E-state index contributed by atoms with van der Waals surface area (Å²) in [7, 11) is 0. The van der Waals surface area contributed by atoms with Crippen molar-refractivity contribution in [3.05, 3.63) is 35.6 Å². The van der Waals surface area contributed by atoms with Crippen molar-refractivity contribution in [3.8, 4) is 0 Å². The molecule has 0 aliphatic heterocycles. The van der Waals surface area contributed by atoms with Gasteiger partial charge in [0.15, 0.2) is 0 Å². The highest BCUT2D eigenvalue weighted by Gasteiger charge is 2.36. The van der Waals surface area contributed by atoms with Crippen molar-refractivity contribution in [2.75, 3.05) is 0 Å². The molecule has 0 saturated carbocycles. The number of halogens is 3. The maximum absolute atomic E-state index is 13.6. The van der Waals surface area contributed by atoms with E-state index in [1.807, 2.05) is 0 Å². The van der Waals surface area contributed by atoms with E-state index in [2.05, 4.69) is 0 Å². The first-order chi connectivity index (χ1) is 6.71. The van der Waals surface area contributed by atoms with Gasteiger partial charge in [0.05, 0.1) is 0 Å². The third-order valence-corrected chi connectivity index (χ3v) is 1.92. The largest absolute Gasteiger partial charge is 0.325 e. The Morgan fingerprint density at radius 3 is 2.33 bits per heavy atom. The van der Waals surface area contributed by atoms with Gasteiger partial charge in [-0.25, -0.2) is 13.2 Å². The fraction of sp³-hybridized carbons (Fsp3) is 0.455. The zero-order valence-electron chi connectivity index (χ0n) is 8.73. The Morgan fingerprint density at radius 2 is 1.87 bits per heavy atom. The van der Waals surface area contributed by atoms with Crippen LogP contribution < -0.4 is 5.73 Å². The fourth-order valence-electron chi connectivity index (χ4n) is 1.39. The number of benzene rings is 1. The predicted octanol–water partition coefficient (Wildman–Crippen LogP) is 3.04. The van der Waals surface area contributed by atoms with Crippen molar-refractivity contribution in [2.24, 2.45) is 5.73 Å². The lowest BCUT2D eigenvalue weighted by Crippen LogP contribution is -2.38. The Labute approximate surface area is 87.1 Å². The Morgan fingerprint density at radius 1 is 1.27 bits per heavy atom. The first kappa shape index (κ1) is 12.0. The monoisotopic (exact) mass is 217 g/mol. The molecule has 0 aliphatic carbocycles. The van der Waals surface area contributed by atoms with E-state index in [-0.39, 0.29) is 5.56 Å². The molecule has 1 aromatic rings. The van der Waals surface area contributed by atoms with Crippen molar-refractivity contribution in [1.29, 1.82) is 0 Å². The van der Waals surface area contributed by atoms with Crippen LogP contribution in [0.5, 0.6) is 0 Å². The van der Waals surface area contributed by atoms with E-state index >= 15 is 0 Å². The minimum absolute atomic E-state index is 0.332. The summed E-state index contributed by atoms with van der Waals surface area (Å²) in [6.45, 7) is 3.03. The summed E-state index contributed by atoms with van der Waals surface area (Å²) in [4.78, 5) is 0. The van der Waals surface area contributed by atoms with Crippen LogP contribution in [-0.4, -0.2) is 5.54 Å². The van der Waals surface area contributed by atoms with Crippen molar-refractivity contribution in [2.45, 2.75) is 31.7 Å². The second-order valence-corrected chi connectivity index (χ2v) is 4.38. The van der Waals surface area contributed by atoms with Gasteiger partial charge in [-0.15, -0.1) is 0 Å². The smallest absolute Gasteiger partial charge is 0.275 e. The molecule has 2 N–H and O–H groups in total. The molecular formula is C11H14F3N. The second kappa shape index (κ2) is 3.85. The minimum atomic E-state index is -3.10. The Kier molecular flexibility index (Phi) is 3.09. The Bertz CT molecular complexity index is 342. The van der Waals surface area contributed by atoms with Gasteiger partial charge in [-0.1, -0.05) is 12.1 Å². The van der Waals surface area contributed by atoms with E-state index < -0.39 is 23.7 Å². The van der Waals surface area contributed by atoms with Gasteiger partial charge in [0.1, 0.15) is 5.82 Å². The number of rotatable bonds is 3. The van der Waals surface area contributed by atoms with E-state index in [1.165, 1.54) is 26.0 Å². The lowest BCUT2D eigenvalue weighted by molar-refractivity contribution is -0.0298. The SMILES string of the molecule is CC(C)(N)CC(F)(F)c1cccc(F)c1. The summed E-state index contributed by atoms with van der Waals surface area (Å²) in [5.41, 5.74) is 4.20. The molecule has 0 heterocycles. The molecule has 1 nitrogen and oxygen atoms in total. The molecule has 84 valence electrons. The Hall–Kier alpha value is -1.03. The second-order valence-electron chi connectivity index (χ2n) is 4.38. The van der Waals surface area contributed by atoms with Gasteiger partial charge in [0.2, 0.25) is 0 Å². The molecule has 1 rings (SSSR count). The number of alkyl halides is 2. The molecule has 4 heteroatoms. The topological polar surface area (TPSA) is 26.0 Å². The lowest BCUT2D eigenvalue weighted by Gasteiger charge is -2.25. The van der Waals surface area contributed by atoms with Crippen LogP contribution >= 0.6 is 0 Å². The molecule has 0 spiro atoms. The van der Waals surface area contributed by atoms with E-state index in [0.717, 1.165) is 12.1 Å². The van der Waals surface area contributed by atoms with Gasteiger partial charge >= 0.3 is 0 Å². The van der Waals surface area contributed by atoms with Crippen LogP contribution in [0.1, 0.15) is 25.8 Å². The highest BCUT2D eigenvalue weighted by molar-refractivity contribution is 5.21. The molecule has 0 fully saturated rings.